The highest BCUT2D eigenvalue weighted by Gasteiger charge is 2.28. The van der Waals surface area contributed by atoms with Gasteiger partial charge in [0.25, 0.3) is 5.91 Å². The summed E-state index contributed by atoms with van der Waals surface area (Å²) < 4.78 is 0. The number of hydrogen-bond donors (Lipinski definition) is 4. The van der Waals surface area contributed by atoms with Gasteiger partial charge >= 0.3 is 0 Å². The van der Waals surface area contributed by atoms with Crippen LogP contribution < -0.4 is 5.32 Å². The molecule has 2 aromatic heterocycles. The number of carbonyl (C=O) groups is 1. The monoisotopic (exact) mass is 521 g/mol. The topological polar surface area (TPSA) is 113 Å². The molecule has 0 aliphatic heterocycles. The van der Waals surface area contributed by atoms with Crippen molar-refractivity contribution in [1.82, 2.24) is 35.1 Å². The normalized spacial score (nSPS) is 17.8. The Kier molecular flexibility index (Phi) is 10.5. The van der Waals surface area contributed by atoms with E-state index in [1.54, 1.807) is 29.7 Å². The van der Waals surface area contributed by atoms with Gasteiger partial charge in [-0.15, -0.1) is 0 Å². The van der Waals surface area contributed by atoms with Gasteiger partial charge in [0.05, 0.1) is 19.7 Å². The second kappa shape index (κ2) is 14.2. The number of nitrogens with one attached hydrogen (secondary N) is 3. The second-order valence-electron chi connectivity index (χ2n) is 10.2. The van der Waals surface area contributed by atoms with Gasteiger partial charge in [-0.3, -0.25) is 9.69 Å². The van der Waals surface area contributed by atoms with Crippen molar-refractivity contribution in [2.24, 2.45) is 0 Å². The number of hydrogen-bond acceptors (Lipinski definition) is 6. The Balaban J connectivity index is 1.29. The van der Waals surface area contributed by atoms with Crippen molar-refractivity contribution < 1.29 is 9.90 Å². The number of nitrogens with zero attached hydrogens (tertiary/aromatic N) is 4. The minimum atomic E-state index is -0.0551. The molecule has 1 amide bonds. The molecule has 206 valence electrons. The molecule has 3 aromatic rings. The van der Waals surface area contributed by atoms with E-state index in [9.17, 15) is 9.90 Å². The van der Waals surface area contributed by atoms with Gasteiger partial charge in [-0.1, -0.05) is 26.0 Å². The van der Waals surface area contributed by atoms with Gasteiger partial charge in [-0.2, -0.15) is 0 Å². The van der Waals surface area contributed by atoms with Gasteiger partial charge in [-0.05, 0) is 56.2 Å². The van der Waals surface area contributed by atoms with Gasteiger partial charge in [0.15, 0.2) is 0 Å². The van der Waals surface area contributed by atoms with E-state index >= 15 is 0 Å². The molecule has 2 heterocycles. The molecule has 4 N–H and O–H groups in total. The molecule has 0 radical (unpaired) electrons. The lowest BCUT2D eigenvalue weighted by Gasteiger charge is -2.41. The number of aromatic amines is 2. The van der Waals surface area contributed by atoms with E-state index in [4.69, 9.17) is 0 Å². The van der Waals surface area contributed by atoms with Crippen LogP contribution in [0.3, 0.4) is 0 Å². The Labute approximate surface area is 226 Å². The fourth-order valence-electron chi connectivity index (χ4n) is 5.69. The smallest absolute Gasteiger partial charge is 0.254 e. The van der Waals surface area contributed by atoms with Crippen LogP contribution in [-0.4, -0.2) is 72.0 Å². The minimum Gasteiger partial charge on any atom is -0.395 e. The van der Waals surface area contributed by atoms with Gasteiger partial charge in [0.2, 0.25) is 0 Å². The summed E-state index contributed by atoms with van der Waals surface area (Å²) in [7, 11) is 0. The van der Waals surface area contributed by atoms with Crippen molar-refractivity contribution in [3.63, 3.8) is 0 Å². The summed E-state index contributed by atoms with van der Waals surface area (Å²) in [5, 5.41) is 13.3. The first kappa shape index (κ1) is 28.0. The Hall–Kier alpha value is -3.01. The third-order valence-corrected chi connectivity index (χ3v) is 7.81. The largest absolute Gasteiger partial charge is 0.395 e. The lowest BCUT2D eigenvalue weighted by molar-refractivity contribution is 0.0702. The first-order valence-corrected chi connectivity index (χ1v) is 14.1. The molecule has 1 saturated carbocycles. The van der Waals surface area contributed by atoms with E-state index < -0.39 is 0 Å². The molecule has 1 aliphatic carbocycles. The lowest BCUT2D eigenvalue weighted by Crippen LogP contribution is -2.47. The third-order valence-electron chi connectivity index (χ3n) is 7.81. The number of aliphatic hydroxyl groups excluding tert-OH is 1. The summed E-state index contributed by atoms with van der Waals surface area (Å²) in [6.07, 6.45) is 13.8. The number of amides is 1. The first-order valence-electron chi connectivity index (χ1n) is 14.1. The molecule has 0 unspecified atom stereocenters. The molecule has 4 rings (SSSR count). The Morgan fingerprint density at radius 2 is 1.61 bits per heavy atom. The van der Waals surface area contributed by atoms with E-state index in [0.29, 0.717) is 36.8 Å². The zero-order valence-electron chi connectivity index (χ0n) is 22.8. The maximum atomic E-state index is 13.3. The molecule has 9 nitrogen and oxygen atoms in total. The van der Waals surface area contributed by atoms with Crippen molar-refractivity contribution in [2.75, 3.05) is 13.2 Å². The van der Waals surface area contributed by atoms with E-state index in [-0.39, 0.29) is 12.5 Å². The molecule has 1 aromatic carbocycles. The highest BCUT2D eigenvalue weighted by molar-refractivity contribution is 5.94. The number of carbonyl (C=O) groups excluding carboxylic acids is 1. The van der Waals surface area contributed by atoms with Crippen LogP contribution >= 0.6 is 0 Å². The van der Waals surface area contributed by atoms with Crippen LogP contribution in [0.1, 0.15) is 79.9 Å². The molecule has 0 bridgehead atoms. The molecule has 1 aliphatic rings. The summed E-state index contributed by atoms with van der Waals surface area (Å²) >= 11 is 0. The van der Waals surface area contributed by atoms with Crippen molar-refractivity contribution in [3.05, 3.63) is 71.8 Å². The quantitative estimate of drug-likeness (QED) is 0.256. The van der Waals surface area contributed by atoms with Crippen LogP contribution in [0.4, 0.5) is 0 Å². The average Bonchev–Trinajstić information content (AvgIpc) is 3.67. The van der Waals surface area contributed by atoms with Crippen LogP contribution in [0.25, 0.3) is 0 Å². The van der Waals surface area contributed by atoms with E-state index in [0.717, 1.165) is 50.4 Å². The Bertz CT molecular complexity index is 1020. The van der Waals surface area contributed by atoms with E-state index in [1.807, 2.05) is 24.3 Å². The fourth-order valence-corrected chi connectivity index (χ4v) is 5.69. The van der Waals surface area contributed by atoms with Crippen molar-refractivity contribution in [2.45, 2.75) is 90.1 Å². The van der Waals surface area contributed by atoms with Crippen molar-refractivity contribution in [1.29, 1.82) is 0 Å². The number of benzene rings is 1. The predicted octanol–water partition coefficient (Wildman–Crippen LogP) is 3.86. The van der Waals surface area contributed by atoms with E-state index in [2.05, 4.69) is 44.0 Å². The summed E-state index contributed by atoms with van der Waals surface area (Å²) in [6, 6.07) is 9.54. The highest BCUT2D eigenvalue weighted by Crippen LogP contribution is 2.26. The standard InChI is InChI=1S/C29H43N7O2/c1-3-25(4-2)36(17-18-37)26-11-9-24(10-12-26)34-19-22-5-7-23(8-6-22)29(38)35(20-27-30-13-14-31-27)21-28-32-15-16-33-28/h5-8,13-16,24-26,34,37H,3-4,9-12,17-21H2,1-2H3,(H,30,31)(H,32,33). The molecule has 38 heavy (non-hydrogen) atoms. The fraction of sp³-hybridized carbons (Fsp3) is 0.552. The SMILES string of the molecule is CCC(CC)N(CCO)C1CCC(NCc2ccc(C(=O)N(Cc3ncc[nH]3)Cc3ncc[nH]3)cc2)CC1. The average molecular weight is 522 g/mol. The Morgan fingerprint density at radius 1 is 1.00 bits per heavy atom. The molecular formula is C29H43N7O2. The number of imidazole rings is 2. The number of rotatable bonds is 14. The molecule has 9 heteroatoms. The zero-order chi connectivity index (χ0) is 26.7. The Morgan fingerprint density at radius 3 is 2.11 bits per heavy atom. The van der Waals surface area contributed by atoms with Crippen molar-refractivity contribution >= 4 is 5.91 Å². The van der Waals surface area contributed by atoms with Crippen LogP contribution in [0, 0.1) is 0 Å². The zero-order valence-corrected chi connectivity index (χ0v) is 22.8. The van der Waals surface area contributed by atoms with Crippen LogP contribution in [0.2, 0.25) is 0 Å². The minimum absolute atomic E-state index is 0.0551. The van der Waals surface area contributed by atoms with Crippen molar-refractivity contribution in [3.8, 4) is 0 Å². The maximum absolute atomic E-state index is 13.3. The number of aliphatic hydroxyl groups is 1. The maximum Gasteiger partial charge on any atom is 0.254 e. The van der Waals surface area contributed by atoms with Gasteiger partial charge in [-0.25, -0.2) is 9.97 Å². The van der Waals surface area contributed by atoms with E-state index in [1.165, 1.54) is 18.4 Å². The molecule has 1 fully saturated rings. The van der Waals surface area contributed by atoms with Gasteiger partial charge in [0.1, 0.15) is 11.6 Å². The lowest BCUT2D eigenvalue weighted by atomic mass is 9.88. The molecule has 0 atom stereocenters. The van der Waals surface area contributed by atoms with Crippen LogP contribution in [-0.2, 0) is 19.6 Å². The third kappa shape index (κ3) is 7.52. The summed E-state index contributed by atoms with van der Waals surface area (Å²) in [5.74, 6) is 1.42. The molecular weight excluding hydrogens is 478 g/mol. The molecule has 0 saturated heterocycles. The highest BCUT2D eigenvalue weighted by atomic mass is 16.3. The second-order valence-corrected chi connectivity index (χ2v) is 10.2. The number of aromatic nitrogens is 4. The van der Waals surface area contributed by atoms with Crippen LogP contribution in [0.15, 0.2) is 49.1 Å². The van der Waals surface area contributed by atoms with Gasteiger partial charge < -0.3 is 25.3 Å². The molecule has 0 spiro atoms. The number of H-pyrrole nitrogens is 2. The van der Waals surface area contributed by atoms with Crippen LogP contribution in [0.5, 0.6) is 0 Å². The summed E-state index contributed by atoms with van der Waals surface area (Å²) in [6.45, 7) is 7.06. The first-order chi connectivity index (χ1) is 18.6. The van der Waals surface area contributed by atoms with Gasteiger partial charge in [0, 0.05) is 61.6 Å². The summed E-state index contributed by atoms with van der Waals surface area (Å²) in [5.41, 5.74) is 1.82. The predicted molar refractivity (Wildman–Crippen MR) is 148 cm³/mol. The summed E-state index contributed by atoms with van der Waals surface area (Å²) in [4.78, 5) is 32.4.